The van der Waals surface area contributed by atoms with E-state index < -0.39 is 29.2 Å². The lowest BCUT2D eigenvalue weighted by molar-refractivity contribution is -0.137. The van der Waals surface area contributed by atoms with Crippen LogP contribution in [0.15, 0.2) is 35.5 Å². The lowest BCUT2D eigenvalue weighted by atomic mass is 9.99. The third kappa shape index (κ3) is 8.90. The number of halogens is 1. The molecular weight excluding hydrogens is 542 g/mol. The highest BCUT2D eigenvalue weighted by Crippen LogP contribution is 2.37. The molecule has 2 heterocycles. The molecule has 2 aliphatic heterocycles. The third-order valence-corrected chi connectivity index (χ3v) is 6.45. The summed E-state index contributed by atoms with van der Waals surface area (Å²) in [5.41, 5.74) is -0.349. The number of phenolic OH excluding ortho intramolecular Hbond substituents is 2. The number of hydrogen-bond acceptors (Lipinski definition) is 9. The summed E-state index contributed by atoms with van der Waals surface area (Å²) >= 11 is 6.32. The van der Waals surface area contributed by atoms with Gasteiger partial charge in [-0.1, -0.05) is 35.0 Å². The molecule has 3 rings (SSSR count). The van der Waals surface area contributed by atoms with Crippen LogP contribution in [0.1, 0.15) is 56.0 Å². The van der Waals surface area contributed by atoms with Crippen molar-refractivity contribution in [3.8, 4) is 11.5 Å². The van der Waals surface area contributed by atoms with E-state index in [9.17, 15) is 24.6 Å². The Labute approximate surface area is 238 Å². The van der Waals surface area contributed by atoms with Gasteiger partial charge in [-0.25, -0.2) is 9.59 Å². The van der Waals surface area contributed by atoms with E-state index in [-0.39, 0.29) is 41.7 Å². The normalized spacial score (nSPS) is 19.7. The van der Waals surface area contributed by atoms with Gasteiger partial charge < -0.3 is 34.3 Å². The van der Waals surface area contributed by atoms with Gasteiger partial charge in [-0.2, -0.15) is 0 Å². The van der Waals surface area contributed by atoms with Crippen LogP contribution in [0.5, 0.6) is 11.5 Å². The van der Waals surface area contributed by atoms with E-state index >= 15 is 0 Å². The molecule has 2 aliphatic rings. The van der Waals surface area contributed by atoms with Gasteiger partial charge in [0.2, 0.25) is 0 Å². The molecule has 0 aliphatic carbocycles. The Morgan fingerprint density at radius 3 is 2.38 bits per heavy atom. The van der Waals surface area contributed by atoms with Crippen molar-refractivity contribution in [3.63, 3.8) is 0 Å². The Hall–Kier alpha value is -3.73. The predicted molar refractivity (Wildman–Crippen MR) is 149 cm³/mol. The smallest absolute Gasteiger partial charge is 0.410 e. The van der Waals surface area contributed by atoms with Crippen LogP contribution in [0, 0.1) is 0 Å². The molecule has 1 aromatic carbocycles. The summed E-state index contributed by atoms with van der Waals surface area (Å²) in [5.74, 6) is -1.97. The van der Waals surface area contributed by atoms with Gasteiger partial charge in [-0.3, -0.25) is 4.79 Å². The molecule has 0 bridgehead atoms. The van der Waals surface area contributed by atoms with Gasteiger partial charge in [-0.15, -0.1) is 0 Å². The van der Waals surface area contributed by atoms with Crippen molar-refractivity contribution in [3.05, 3.63) is 46.5 Å². The first kappa shape index (κ1) is 30.8. The molecule has 1 fully saturated rings. The first-order valence-corrected chi connectivity index (χ1v) is 13.5. The number of nitrogens with zero attached hydrogens (tertiary/aromatic N) is 3. The summed E-state index contributed by atoms with van der Waals surface area (Å²) in [6.07, 6.45) is 8.88. The number of esters is 1. The van der Waals surface area contributed by atoms with Crippen molar-refractivity contribution in [2.24, 2.45) is 5.16 Å². The molecular formula is C28H36ClN3O8. The molecule has 0 radical (unpaired) electrons. The largest absolute Gasteiger partial charge is 0.507 e. The fourth-order valence-corrected chi connectivity index (χ4v) is 4.26. The number of ether oxygens (including phenoxy) is 2. The zero-order chi connectivity index (χ0) is 29.3. The average Bonchev–Trinajstić information content (AvgIpc) is 2.88. The number of rotatable bonds is 3. The van der Waals surface area contributed by atoms with E-state index in [1.165, 1.54) is 0 Å². The monoisotopic (exact) mass is 577 g/mol. The first-order valence-electron chi connectivity index (χ1n) is 13.1. The Morgan fingerprint density at radius 1 is 1.02 bits per heavy atom. The van der Waals surface area contributed by atoms with E-state index in [0.717, 1.165) is 12.5 Å². The second-order valence-electron chi connectivity index (χ2n) is 10.3. The summed E-state index contributed by atoms with van der Waals surface area (Å²) in [5, 5.41) is 24.6. The minimum Gasteiger partial charge on any atom is -0.507 e. The molecule has 0 unspecified atom stereocenters. The quantitative estimate of drug-likeness (QED) is 0.310. The van der Waals surface area contributed by atoms with Crippen LogP contribution in [0.3, 0.4) is 0 Å². The number of amides is 2. The van der Waals surface area contributed by atoms with Crippen LogP contribution in [0.4, 0.5) is 4.79 Å². The predicted octanol–water partition coefficient (Wildman–Crippen LogP) is 4.20. The average molecular weight is 578 g/mol. The van der Waals surface area contributed by atoms with Gasteiger partial charge >= 0.3 is 12.1 Å². The highest BCUT2D eigenvalue weighted by atomic mass is 35.5. The number of piperazine rings is 1. The number of cyclic esters (lactones) is 1. The zero-order valence-electron chi connectivity index (χ0n) is 23.0. The number of oxime groups is 1. The van der Waals surface area contributed by atoms with Gasteiger partial charge in [0, 0.05) is 38.7 Å². The van der Waals surface area contributed by atoms with E-state index in [2.05, 4.69) is 5.16 Å². The van der Waals surface area contributed by atoms with Crippen LogP contribution < -0.4 is 0 Å². The van der Waals surface area contributed by atoms with E-state index in [1.807, 2.05) is 18.2 Å². The highest BCUT2D eigenvalue weighted by Gasteiger charge is 2.28. The van der Waals surface area contributed by atoms with Crippen molar-refractivity contribution < 1.29 is 38.9 Å². The Bertz CT molecular complexity index is 1180. The second-order valence-corrected chi connectivity index (χ2v) is 10.7. The lowest BCUT2D eigenvalue weighted by Gasteiger charge is -2.35. The fraction of sp³-hybridized carbons (Fsp3) is 0.500. The number of benzene rings is 1. The van der Waals surface area contributed by atoms with Gasteiger partial charge in [0.25, 0.3) is 5.91 Å². The molecule has 0 saturated carbocycles. The SMILES string of the molecule is CC(C)(C)OC(=O)N1CCN(C(=O)CO/N=C2/C=C/CC/C=C/CCOC(=O)c3c(O)cc(O)c(Cl)c3C2)CC1. The lowest BCUT2D eigenvalue weighted by Crippen LogP contribution is -2.52. The highest BCUT2D eigenvalue weighted by molar-refractivity contribution is 6.33. The molecule has 0 spiro atoms. The maximum absolute atomic E-state index is 12.8. The minimum atomic E-state index is -0.787. The summed E-state index contributed by atoms with van der Waals surface area (Å²) in [4.78, 5) is 46.3. The molecule has 1 aromatic rings. The maximum Gasteiger partial charge on any atom is 0.410 e. The number of aromatic hydroxyl groups is 2. The maximum atomic E-state index is 12.8. The molecule has 11 nitrogen and oxygen atoms in total. The van der Waals surface area contributed by atoms with Crippen molar-refractivity contribution >= 4 is 35.3 Å². The van der Waals surface area contributed by atoms with Gasteiger partial charge in [0.05, 0.1) is 17.3 Å². The molecule has 2 N–H and O–H groups in total. The number of fused-ring (bicyclic) bond motifs is 1. The number of carbonyl (C=O) groups is 3. The standard InChI is InChI=1S/C28H36ClN3O8/c1-28(2,3)40-27(37)32-13-11-31(12-14-32)23(35)18-39-30-19-10-8-6-4-5-7-9-15-38-26(36)24-20(16-19)25(29)22(34)17-21(24)33/h5,7-8,10,17,33-34H,4,6,9,11-16,18H2,1-3H3/b7-5+,10-8+,30-19-. The Morgan fingerprint density at radius 2 is 1.68 bits per heavy atom. The molecule has 0 atom stereocenters. The fourth-order valence-electron chi connectivity index (χ4n) is 4.05. The number of allylic oxidation sites excluding steroid dienone is 3. The van der Waals surface area contributed by atoms with E-state index in [1.54, 1.807) is 36.6 Å². The van der Waals surface area contributed by atoms with Crippen molar-refractivity contribution in [2.45, 2.75) is 52.1 Å². The molecule has 218 valence electrons. The minimum absolute atomic E-state index is 0.0830. The molecule has 0 aromatic heterocycles. The van der Waals surface area contributed by atoms with Crippen molar-refractivity contribution in [2.75, 3.05) is 39.4 Å². The first-order chi connectivity index (χ1) is 19.0. The van der Waals surface area contributed by atoms with Gasteiger partial charge in [0.1, 0.15) is 22.7 Å². The molecule has 40 heavy (non-hydrogen) atoms. The van der Waals surface area contributed by atoms with Crippen LogP contribution in [-0.4, -0.2) is 88.7 Å². The summed E-state index contributed by atoms with van der Waals surface area (Å²) in [7, 11) is 0. The topological polar surface area (TPSA) is 138 Å². The molecule has 12 heteroatoms. The number of phenols is 2. The zero-order valence-corrected chi connectivity index (χ0v) is 23.8. The van der Waals surface area contributed by atoms with Crippen molar-refractivity contribution in [1.82, 2.24) is 9.80 Å². The number of hydrogen-bond donors (Lipinski definition) is 2. The summed E-state index contributed by atoms with van der Waals surface area (Å²) < 4.78 is 10.7. The van der Waals surface area contributed by atoms with Crippen LogP contribution in [0.2, 0.25) is 5.02 Å². The molecule has 1 saturated heterocycles. The molecule has 2 amide bonds. The third-order valence-electron chi connectivity index (χ3n) is 6.03. The van der Waals surface area contributed by atoms with E-state index in [4.69, 9.17) is 25.9 Å². The van der Waals surface area contributed by atoms with Crippen molar-refractivity contribution in [1.29, 1.82) is 0 Å². The van der Waals surface area contributed by atoms with Crippen LogP contribution in [0.25, 0.3) is 0 Å². The Kier molecular flexibility index (Phi) is 10.8. The van der Waals surface area contributed by atoms with Gasteiger partial charge in [-0.05, 0) is 51.7 Å². The summed E-state index contributed by atoms with van der Waals surface area (Å²) in [6, 6.07) is 0.982. The van der Waals surface area contributed by atoms with Crippen LogP contribution in [-0.2, 0) is 25.5 Å². The Balaban J connectivity index is 1.71. The van der Waals surface area contributed by atoms with Crippen LogP contribution >= 0.6 is 11.6 Å². The summed E-state index contributed by atoms with van der Waals surface area (Å²) in [6.45, 7) is 6.49. The second kappa shape index (κ2) is 14.1. The number of carbonyl (C=O) groups excluding carboxylic acids is 3. The van der Waals surface area contributed by atoms with E-state index in [0.29, 0.717) is 44.7 Å². The van der Waals surface area contributed by atoms with Gasteiger partial charge in [0.15, 0.2) is 6.61 Å².